The van der Waals surface area contributed by atoms with Gasteiger partial charge in [0.2, 0.25) is 5.91 Å². The van der Waals surface area contributed by atoms with E-state index in [0.717, 1.165) is 5.56 Å². The molecule has 1 aromatic heterocycles. The number of amides is 2. The summed E-state index contributed by atoms with van der Waals surface area (Å²) in [4.78, 5) is 24.7. The van der Waals surface area contributed by atoms with E-state index in [2.05, 4.69) is 0 Å². The number of nitrogens with two attached hydrogens (primary N) is 2. The number of benzene rings is 1. The van der Waals surface area contributed by atoms with Crippen LogP contribution in [-0.4, -0.2) is 23.3 Å². The third-order valence-electron chi connectivity index (χ3n) is 2.69. The molecule has 0 aliphatic rings. The second-order valence-corrected chi connectivity index (χ2v) is 4.35. The predicted molar refractivity (Wildman–Crippen MR) is 73.5 cm³/mol. The summed E-state index contributed by atoms with van der Waals surface area (Å²) < 4.78 is 5.05. The smallest absolute Gasteiger partial charge is 0.290 e. The molecule has 0 saturated heterocycles. The van der Waals surface area contributed by atoms with Crippen LogP contribution in [0.2, 0.25) is 0 Å². The number of primary amides is 1. The fourth-order valence-electron chi connectivity index (χ4n) is 1.86. The highest BCUT2D eigenvalue weighted by Gasteiger charge is 2.20. The lowest BCUT2D eigenvalue weighted by atomic mass is 10.2. The van der Waals surface area contributed by atoms with Gasteiger partial charge in [-0.1, -0.05) is 12.1 Å². The minimum absolute atomic E-state index is 0.162. The SMILES string of the molecule is NC(=O)CN(Cc1cccc(N)c1)C(=O)c1ccco1. The standard InChI is InChI=1S/C14H15N3O3/c15-11-4-1-3-10(7-11)8-17(9-13(16)18)14(19)12-5-2-6-20-12/h1-7H,8-9,15H2,(H2,16,18). The zero-order chi connectivity index (χ0) is 14.5. The maximum absolute atomic E-state index is 12.2. The molecule has 0 atom stereocenters. The Balaban J connectivity index is 2.19. The Morgan fingerprint density at radius 2 is 2.00 bits per heavy atom. The molecule has 0 radical (unpaired) electrons. The molecule has 2 rings (SSSR count). The van der Waals surface area contributed by atoms with Crippen molar-refractivity contribution in [3.63, 3.8) is 0 Å². The average molecular weight is 273 g/mol. The van der Waals surface area contributed by atoms with Crippen LogP contribution >= 0.6 is 0 Å². The molecule has 1 heterocycles. The number of nitrogen functional groups attached to an aromatic ring is 1. The van der Waals surface area contributed by atoms with Crippen LogP contribution in [0, 0.1) is 0 Å². The van der Waals surface area contributed by atoms with Crippen molar-refractivity contribution in [2.45, 2.75) is 6.54 Å². The van der Waals surface area contributed by atoms with E-state index >= 15 is 0 Å². The van der Waals surface area contributed by atoms with Gasteiger partial charge in [-0.3, -0.25) is 9.59 Å². The van der Waals surface area contributed by atoms with E-state index in [-0.39, 0.29) is 18.8 Å². The van der Waals surface area contributed by atoms with Gasteiger partial charge in [0.15, 0.2) is 5.76 Å². The number of carbonyl (C=O) groups is 2. The van der Waals surface area contributed by atoms with Gasteiger partial charge in [0.1, 0.15) is 6.54 Å². The highest BCUT2D eigenvalue weighted by molar-refractivity contribution is 5.94. The van der Waals surface area contributed by atoms with Gasteiger partial charge in [0, 0.05) is 12.2 Å². The topological polar surface area (TPSA) is 103 Å². The van der Waals surface area contributed by atoms with Crippen molar-refractivity contribution in [2.75, 3.05) is 12.3 Å². The number of anilines is 1. The van der Waals surface area contributed by atoms with Gasteiger partial charge in [0.05, 0.1) is 6.26 Å². The summed E-state index contributed by atoms with van der Waals surface area (Å²) in [5, 5.41) is 0. The van der Waals surface area contributed by atoms with Crippen LogP contribution in [0.3, 0.4) is 0 Å². The van der Waals surface area contributed by atoms with Crippen LogP contribution in [0.15, 0.2) is 47.1 Å². The Bertz CT molecular complexity index is 608. The van der Waals surface area contributed by atoms with Gasteiger partial charge >= 0.3 is 0 Å². The third kappa shape index (κ3) is 3.38. The Hall–Kier alpha value is -2.76. The lowest BCUT2D eigenvalue weighted by Gasteiger charge is -2.20. The second-order valence-electron chi connectivity index (χ2n) is 4.35. The fraction of sp³-hybridized carbons (Fsp3) is 0.143. The number of nitrogens with zero attached hydrogens (tertiary/aromatic N) is 1. The maximum atomic E-state index is 12.2. The van der Waals surface area contributed by atoms with Crippen LogP contribution in [0.25, 0.3) is 0 Å². The molecule has 6 heteroatoms. The van der Waals surface area contributed by atoms with Crippen LogP contribution in [-0.2, 0) is 11.3 Å². The van der Waals surface area contributed by atoms with E-state index in [1.807, 2.05) is 6.07 Å². The molecule has 4 N–H and O–H groups in total. The lowest BCUT2D eigenvalue weighted by molar-refractivity contribution is -0.118. The van der Waals surface area contributed by atoms with Crippen molar-refractivity contribution in [1.29, 1.82) is 0 Å². The van der Waals surface area contributed by atoms with Crippen molar-refractivity contribution in [3.05, 3.63) is 54.0 Å². The molecule has 0 unspecified atom stereocenters. The van der Waals surface area contributed by atoms with Crippen LogP contribution in [0.5, 0.6) is 0 Å². The summed E-state index contributed by atoms with van der Waals surface area (Å²) in [5.41, 5.74) is 12.3. The highest BCUT2D eigenvalue weighted by Crippen LogP contribution is 2.12. The molecule has 0 fully saturated rings. The number of hydrogen-bond acceptors (Lipinski definition) is 4. The summed E-state index contributed by atoms with van der Waals surface area (Å²) in [7, 11) is 0. The number of furan rings is 1. The molecule has 0 spiro atoms. The van der Waals surface area contributed by atoms with Gasteiger partial charge in [-0.05, 0) is 29.8 Å². The van der Waals surface area contributed by atoms with Crippen molar-refractivity contribution in [2.24, 2.45) is 5.73 Å². The minimum atomic E-state index is -0.589. The Morgan fingerprint density at radius 1 is 1.20 bits per heavy atom. The second kappa shape index (κ2) is 5.92. The molecule has 1 aromatic carbocycles. The zero-order valence-electron chi connectivity index (χ0n) is 10.8. The average Bonchev–Trinajstić information content (AvgIpc) is 2.90. The van der Waals surface area contributed by atoms with E-state index in [1.54, 1.807) is 24.3 Å². The van der Waals surface area contributed by atoms with Crippen LogP contribution in [0.1, 0.15) is 16.1 Å². The first-order chi connectivity index (χ1) is 9.56. The number of rotatable bonds is 5. The van der Waals surface area contributed by atoms with E-state index in [9.17, 15) is 9.59 Å². The van der Waals surface area contributed by atoms with Crippen molar-refractivity contribution in [1.82, 2.24) is 4.90 Å². The van der Waals surface area contributed by atoms with E-state index in [4.69, 9.17) is 15.9 Å². The monoisotopic (exact) mass is 273 g/mol. The first kappa shape index (κ1) is 13.7. The van der Waals surface area contributed by atoms with E-state index < -0.39 is 11.8 Å². The molecule has 2 amide bonds. The summed E-state index contributed by atoms with van der Waals surface area (Å²) in [5.74, 6) is -0.819. The van der Waals surface area contributed by atoms with Crippen LogP contribution < -0.4 is 11.5 Å². The number of carbonyl (C=O) groups excluding carboxylic acids is 2. The quantitative estimate of drug-likeness (QED) is 0.793. The Morgan fingerprint density at radius 3 is 2.60 bits per heavy atom. The molecule has 0 bridgehead atoms. The van der Waals surface area contributed by atoms with Gasteiger partial charge < -0.3 is 20.8 Å². The Kier molecular flexibility index (Phi) is 4.05. The molecule has 104 valence electrons. The van der Waals surface area contributed by atoms with Crippen molar-refractivity contribution >= 4 is 17.5 Å². The first-order valence-electron chi connectivity index (χ1n) is 6.02. The first-order valence-corrected chi connectivity index (χ1v) is 6.02. The van der Waals surface area contributed by atoms with E-state index in [0.29, 0.717) is 5.69 Å². The molecule has 0 saturated carbocycles. The van der Waals surface area contributed by atoms with Crippen molar-refractivity contribution < 1.29 is 14.0 Å². The molecule has 6 nitrogen and oxygen atoms in total. The largest absolute Gasteiger partial charge is 0.459 e. The van der Waals surface area contributed by atoms with Gasteiger partial charge in [-0.2, -0.15) is 0 Å². The molecular formula is C14H15N3O3. The molecule has 0 aliphatic carbocycles. The zero-order valence-corrected chi connectivity index (χ0v) is 10.8. The molecule has 0 aliphatic heterocycles. The number of hydrogen-bond donors (Lipinski definition) is 2. The molecule has 20 heavy (non-hydrogen) atoms. The lowest BCUT2D eigenvalue weighted by Crippen LogP contribution is -2.37. The fourth-order valence-corrected chi connectivity index (χ4v) is 1.86. The molecule has 2 aromatic rings. The van der Waals surface area contributed by atoms with Crippen molar-refractivity contribution in [3.8, 4) is 0 Å². The minimum Gasteiger partial charge on any atom is -0.459 e. The van der Waals surface area contributed by atoms with Gasteiger partial charge in [-0.25, -0.2) is 0 Å². The van der Waals surface area contributed by atoms with Gasteiger partial charge in [-0.15, -0.1) is 0 Å². The summed E-state index contributed by atoms with van der Waals surface area (Å²) in [6, 6.07) is 10.2. The van der Waals surface area contributed by atoms with Gasteiger partial charge in [0.25, 0.3) is 5.91 Å². The van der Waals surface area contributed by atoms with E-state index in [1.165, 1.54) is 17.2 Å². The Labute approximate surface area is 116 Å². The molecular weight excluding hydrogens is 258 g/mol. The summed E-state index contributed by atoms with van der Waals surface area (Å²) in [6.07, 6.45) is 1.40. The summed E-state index contributed by atoms with van der Waals surface area (Å²) in [6.45, 7) is 0.0435. The summed E-state index contributed by atoms with van der Waals surface area (Å²) >= 11 is 0. The highest BCUT2D eigenvalue weighted by atomic mass is 16.3. The normalized spacial score (nSPS) is 10.2. The maximum Gasteiger partial charge on any atom is 0.290 e. The third-order valence-corrected chi connectivity index (χ3v) is 2.69. The predicted octanol–water partition coefficient (Wildman–Crippen LogP) is 0.989. The van der Waals surface area contributed by atoms with Crippen LogP contribution in [0.4, 0.5) is 5.69 Å².